The van der Waals surface area contributed by atoms with E-state index in [0.717, 1.165) is 5.69 Å². The van der Waals surface area contributed by atoms with Crippen molar-refractivity contribution in [2.45, 2.75) is 32.7 Å². The predicted molar refractivity (Wildman–Crippen MR) is 76.4 cm³/mol. The zero-order chi connectivity index (χ0) is 14.8. The van der Waals surface area contributed by atoms with Crippen LogP contribution in [0.5, 0.6) is 0 Å². The Labute approximate surface area is 119 Å². The fourth-order valence-corrected chi connectivity index (χ4v) is 1.73. The van der Waals surface area contributed by atoms with Crippen molar-refractivity contribution in [1.29, 1.82) is 0 Å². The maximum Gasteiger partial charge on any atom is 0.328 e. The van der Waals surface area contributed by atoms with E-state index in [4.69, 9.17) is 9.47 Å². The van der Waals surface area contributed by atoms with Crippen molar-refractivity contribution < 1.29 is 19.1 Å². The van der Waals surface area contributed by atoms with E-state index >= 15 is 0 Å². The number of ether oxygens (including phenoxy) is 2. The van der Waals surface area contributed by atoms with Gasteiger partial charge in [-0.2, -0.15) is 0 Å². The number of benzene rings is 1. The van der Waals surface area contributed by atoms with Crippen LogP contribution in [-0.4, -0.2) is 31.2 Å². The molecule has 110 valence electrons. The molecule has 0 aromatic heterocycles. The van der Waals surface area contributed by atoms with Crippen LogP contribution in [0, 0.1) is 0 Å². The SMILES string of the molecule is CCOC(=O)C(CCCOC(C)=O)Nc1ccccc1. The third-order valence-electron chi connectivity index (χ3n) is 2.63. The number of nitrogens with one attached hydrogen (secondary N) is 1. The normalized spacial score (nSPS) is 11.5. The summed E-state index contributed by atoms with van der Waals surface area (Å²) >= 11 is 0. The van der Waals surface area contributed by atoms with Crippen molar-refractivity contribution >= 4 is 17.6 Å². The zero-order valence-electron chi connectivity index (χ0n) is 11.9. The Morgan fingerprint density at radius 2 is 1.90 bits per heavy atom. The van der Waals surface area contributed by atoms with Gasteiger partial charge >= 0.3 is 11.9 Å². The Hall–Kier alpha value is -2.04. The number of para-hydroxylation sites is 1. The standard InChI is InChI=1S/C15H21NO4/c1-3-19-15(18)14(10-7-11-20-12(2)17)16-13-8-5-4-6-9-13/h4-6,8-9,14,16H,3,7,10-11H2,1-2H3. The maximum absolute atomic E-state index is 11.9. The molecular formula is C15H21NO4. The summed E-state index contributed by atoms with van der Waals surface area (Å²) in [5.74, 6) is -0.604. The Balaban J connectivity index is 2.51. The van der Waals surface area contributed by atoms with Crippen molar-refractivity contribution in [2.24, 2.45) is 0 Å². The fourth-order valence-electron chi connectivity index (χ4n) is 1.73. The number of hydrogen-bond donors (Lipinski definition) is 1. The summed E-state index contributed by atoms with van der Waals surface area (Å²) in [6.07, 6.45) is 1.14. The summed E-state index contributed by atoms with van der Waals surface area (Å²) in [4.78, 5) is 22.6. The van der Waals surface area contributed by atoms with Gasteiger partial charge in [0.15, 0.2) is 0 Å². The lowest BCUT2D eigenvalue weighted by Gasteiger charge is -2.18. The smallest absolute Gasteiger partial charge is 0.328 e. The number of carbonyl (C=O) groups excluding carboxylic acids is 2. The minimum atomic E-state index is -0.437. The van der Waals surface area contributed by atoms with Crippen LogP contribution in [0.3, 0.4) is 0 Å². The van der Waals surface area contributed by atoms with E-state index in [1.165, 1.54) is 6.92 Å². The summed E-state index contributed by atoms with van der Waals surface area (Å²) in [6, 6.07) is 9.03. The lowest BCUT2D eigenvalue weighted by molar-refractivity contribution is -0.144. The molecule has 1 atom stereocenters. The first kappa shape index (κ1) is 16.0. The third-order valence-corrected chi connectivity index (χ3v) is 2.63. The summed E-state index contributed by atoms with van der Waals surface area (Å²) in [5, 5.41) is 3.14. The molecule has 1 unspecified atom stereocenters. The Morgan fingerprint density at radius 1 is 1.20 bits per heavy atom. The monoisotopic (exact) mass is 279 g/mol. The number of anilines is 1. The first-order valence-corrected chi connectivity index (χ1v) is 6.75. The highest BCUT2D eigenvalue weighted by Gasteiger charge is 2.19. The highest BCUT2D eigenvalue weighted by Crippen LogP contribution is 2.11. The maximum atomic E-state index is 11.9. The first-order valence-electron chi connectivity index (χ1n) is 6.75. The van der Waals surface area contributed by atoms with E-state index in [-0.39, 0.29) is 11.9 Å². The number of carbonyl (C=O) groups is 2. The van der Waals surface area contributed by atoms with Crippen molar-refractivity contribution in [2.75, 3.05) is 18.5 Å². The lowest BCUT2D eigenvalue weighted by Crippen LogP contribution is -2.31. The van der Waals surface area contributed by atoms with E-state index in [2.05, 4.69) is 5.32 Å². The minimum Gasteiger partial charge on any atom is -0.466 e. The van der Waals surface area contributed by atoms with Gasteiger partial charge in [0.2, 0.25) is 0 Å². The molecule has 0 heterocycles. The number of rotatable bonds is 8. The topological polar surface area (TPSA) is 64.6 Å². The first-order chi connectivity index (χ1) is 9.63. The van der Waals surface area contributed by atoms with E-state index in [1.807, 2.05) is 30.3 Å². The van der Waals surface area contributed by atoms with Crippen LogP contribution in [-0.2, 0) is 19.1 Å². The van der Waals surface area contributed by atoms with Crippen LogP contribution < -0.4 is 5.32 Å². The molecule has 1 N–H and O–H groups in total. The molecule has 0 aliphatic rings. The van der Waals surface area contributed by atoms with Gasteiger partial charge in [-0.25, -0.2) is 4.79 Å². The van der Waals surface area contributed by atoms with Gasteiger partial charge in [0.25, 0.3) is 0 Å². The zero-order valence-corrected chi connectivity index (χ0v) is 11.9. The molecule has 1 rings (SSSR count). The van der Waals surface area contributed by atoms with E-state index in [0.29, 0.717) is 26.1 Å². The van der Waals surface area contributed by atoms with Gasteiger partial charge in [0, 0.05) is 12.6 Å². The largest absolute Gasteiger partial charge is 0.466 e. The van der Waals surface area contributed by atoms with Crippen molar-refractivity contribution in [1.82, 2.24) is 0 Å². The molecule has 0 saturated heterocycles. The van der Waals surface area contributed by atoms with Gasteiger partial charge in [0.1, 0.15) is 6.04 Å². The molecule has 0 aliphatic carbocycles. The summed E-state index contributed by atoms with van der Waals surface area (Å²) < 4.78 is 9.91. The van der Waals surface area contributed by atoms with Crippen molar-refractivity contribution in [3.63, 3.8) is 0 Å². The molecule has 0 spiro atoms. The lowest BCUT2D eigenvalue weighted by atomic mass is 10.1. The second-order valence-corrected chi connectivity index (χ2v) is 4.30. The van der Waals surface area contributed by atoms with Gasteiger partial charge in [-0.05, 0) is 31.9 Å². The van der Waals surface area contributed by atoms with Crippen LogP contribution in [0.4, 0.5) is 5.69 Å². The molecule has 0 aliphatic heterocycles. The molecule has 5 nitrogen and oxygen atoms in total. The van der Waals surface area contributed by atoms with Crippen LogP contribution >= 0.6 is 0 Å². The van der Waals surface area contributed by atoms with Crippen LogP contribution in [0.15, 0.2) is 30.3 Å². The van der Waals surface area contributed by atoms with Gasteiger partial charge in [-0.3, -0.25) is 4.79 Å². The van der Waals surface area contributed by atoms with Gasteiger partial charge in [-0.1, -0.05) is 18.2 Å². The fraction of sp³-hybridized carbons (Fsp3) is 0.467. The molecule has 0 fully saturated rings. The predicted octanol–water partition coefficient (Wildman–Crippen LogP) is 2.37. The highest BCUT2D eigenvalue weighted by molar-refractivity contribution is 5.79. The second kappa shape index (κ2) is 8.96. The van der Waals surface area contributed by atoms with Crippen LogP contribution in [0.25, 0.3) is 0 Å². The van der Waals surface area contributed by atoms with Crippen molar-refractivity contribution in [3.05, 3.63) is 30.3 Å². The Morgan fingerprint density at radius 3 is 2.50 bits per heavy atom. The van der Waals surface area contributed by atoms with E-state index in [1.54, 1.807) is 6.92 Å². The van der Waals surface area contributed by atoms with Crippen LogP contribution in [0.1, 0.15) is 26.7 Å². The van der Waals surface area contributed by atoms with E-state index in [9.17, 15) is 9.59 Å². The summed E-state index contributed by atoms with van der Waals surface area (Å²) in [6.45, 7) is 3.79. The van der Waals surface area contributed by atoms with Crippen LogP contribution in [0.2, 0.25) is 0 Å². The summed E-state index contributed by atoms with van der Waals surface area (Å²) in [7, 11) is 0. The highest BCUT2D eigenvalue weighted by atomic mass is 16.5. The molecule has 0 radical (unpaired) electrons. The quantitative estimate of drug-likeness (QED) is 0.584. The molecular weight excluding hydrogens is 258 g/mol. The average molecular weight is 279 g/mol. The molecule has 20 heavy (non-hydrogen) atoms. The molecule has 0 saturated carbocycles. The van der Waals surface area contributed by atoms with E-state index < -0.39 is 6.04 Å². The van der Waals surface area contributed by atoms with Gasteiger partial charge in [0.05, 0.1) is 13.2 Å². The minimum absolute atomic E-state index is 0.292. The molecule has 1 aromatic carbocycles. The van der Waals surface area contributed by atoms with Crippen molar-refractivity contribution in [3.8, 4) is 0 Å². The number of hydrogen-bond acceptors (Lipinski definition) is 5. The molecule has 0 amide bonds. The Kier molecular flexibility index (Phi) is 7.17. The summed E-state index contributed by atoms with van der Waals surface area (Å²) in [5.41, 5.74) is 0.859. The second-order valence-electron chi connectivity index (χ2n) is 4.30. The Bertz CT molecular complexity index is 419. The van der Waals surface area contributed by atoms with Gasteiger partial charge < -0.3 is 14.8 Å². The molecule has 5 heteroatoms. The molecule has 0 bridgehead atoms. The van der Waals surface area contributed by atoms with Gasteiger partial charge in [-0.15, -0.1) is 0 Å². The average Bonchev–Trinajstić information content (AvgIpc) is 2.43. The third kappa shape index (κ3) is 6.22. The molecule has 1 aromatic rings. The number of esters is 2.